The minimum atomic E-state index is -0.243. The SMILES string of the molecule is CCC(O)CNC(C)c1cc(C)ccc1C. The van der Waals surface area contributed by atoms with Gasteiger partial charge in [-0.15, -0.1) is 0 Å². The summed E-state index contributed by atoms with van der Waals surface area (Å²) in [6, 6.07) is 6.79. The zero-order valence-corrected chi connectivity index (χ0v) is 10.7. The van der Waals surface area contributed by atoms with Crippen molar-refractivity contribution in [2.24, 2.45) is 0 Å². The highest BCUT2D eigenvalue weighted by atomic mass is 16.3. The molecule has 0 aromatic heterocycles. The van der Waals surface area contributed by atoms with Crippen molar-refractivity contribution in [3.63, 3.8) is 0 Å². The minimum Gasteiger partial charge on any atom is -0.392 e. The van der Waals surface area contributed by atoms with Crippen LogP contribution in [0.4, 0.5) is 0 Å². The van der Waals surface area contributed by atoms with Crippen molar-refractivity contribution in [1.82, 2.24) is 5.32 Å². The van der Waals surface area contributed by atoms with Crippen LogP contribution >= 0.6 is 0 Å². The summed E-state index contributed by atoms with van der Waals surface area (Å²) in [7, 11) is 0. The van der Waals surface area contributed by atoms with Crippen LogP contribution in [-0.2, 0) is 0 Å². The molecule has 2 unspecified atom stereocenters. The lowest BCUT2D eigenvalue weighted by Crippen LogP contribution is -2.28. The number of aliphatic hydroxyl groups excluding tert-OH is 1. The average Bonchev–Trinajstić information content (AvgIpc) is 2.28. The van der Waals surface area contributed by atoms with Crippen molar-refractivity contribution in [3.05, 3.63) is 34.9 Å². The fourth-order valence-corrected chi connectivity index (χ4v) is 1.79. The first-order valence-corrected chi connectivity index (χ1v) is 6.03. The number of rotatable bonds is 5. The Morgan fingerprint density at radius 2 is 2.00 bits per heavy atom. The standard InChI is InChI=1S/C14H23NO/c1-5-13(16)9-15-12(4)14-8-10(2)6-7-11(14)3/h6-8,12-13,15-16H,5,9H2,1-4H3. The maximum absolute atomic E-state index is 9.52. The molecule has 2 atom stereocenters. The molecule has 16 heavy (non-hydrogen) atoms. The van der Waals surface area contributed by atoms with Gasteiger partial charge >= 0.3 is 0 Å². The monoisotopic (exact) mass is 221 g/mol. The second-order valence-corrected chi connectivity index (χ2v) is 4.55. The van der Waals surface area contributed by atoms with E-state index in [9.17, 15) is 5.11 Å². The third kappa shape index (κ3) is 3.62. The van der Waals surface area contributed by atoms with Crippen LogP contribution in [0, 0.1) is 13.8 Å². The summed E-state index contributed by atoms with van der Waals surface area (Å²) in [6.07, 6.45) is 0.555. The summed E-state index contributed by atoms with van der Waals surface area (Å²) >= 11 is 0. The molecule has 0 radical (unpaired) electrons. The van der Waals surface area contributed by atoms with E-state index < -0.39 is 0 Å². The van der Waals surface area contributed by atoms with Gasteiger partial charge in [0.25, 0.3) is 0 Å². The number of hydrogen-bond acceptors (Lipinski definition) is 2. The highest BCUT2D eigenvalue weighted by Gasteiger charge is 2.09. The van der Waals surface area contributed by atoms with Gasteiger partial charge in [0.05, 0.1) is 6.10 Å². The number of nitrogens with one attached hydrogen (secondary N) is 1. The molecule has 0 bridgehead atoms. The van der Waals surface area contributed by atoms with Crippen molar-refractivity contribution in [2.45, 2.75) is 46.3 Å². The van der Waals surface area contributed by atoms with E-state index >= 15 is 0 Å². The molecule has 2 nitrogen and oxygen atoms in total. The first-order chi connectivity index (χ1) is 7.54. The molecule has 0 saturated heterocycles. The molecule has 90 valence electrons. The molecule has 2 heteroatoms. The fourth-order valence-electron chi connectivity index (χ4n) is 1.79. The van der Waals surface area contributed by atoms with Crippen molar-refractivity contribution in [1.29, 1.82) is 0 Å². The van der Waals surface area contributed by atoms with Gasteiger partial charge in [-0.05, 0) is 38.3 Å². The fraction of sp³-hybridized carbons (Fsp3) is 0.571. The summed E-state index contributed by atoms with van der Waals surface area (Å²) in [6.45, 7) is 9.03. The van der Waals surface area contributed by atoms with Crippen molar-refractivity contribution in [2.75, 3.05) is 6.54 Å². The highest BCUT2D eigenvalue weighted by Crippen LogP contribution is 2.18. The zero-order chi connectivity index (χ0) is 12.1. The van der Waals surface area contributed by atoms with E-state index in [1.165, 1.54) is 16.7 Å². The second kappa shape index (κ2) is 6.02. The van der Waals surface area contributed by atoms with E-state index in [1.807, 2.05) is 6.92 Å². The van der Waals surface area contributed by atoms with Gasteiger partial charge in [0.15, 0.2) is 0 Å². The highest BCUT2D eigenvalue weighted by molar-refractivity contribution is 5.32. The first-order valence-electron chi connectivity index (χ1n) is 6.03. The van der Waals surface area contributed by atoms with E-state index in [-0.39, 0.29) is 6.10 Å². The third-order valence-electron chi connectivity index (χ3n) is 3.03. The Kier molecular flexibility index (Phi) is 4.97. The van der Waals surface area contributed by atoms with Crippen LogP contribution in [0.15, 0.2) is 18.2 Å². The van der Waals surface area contributed by atoms with Crippen LogP contribution in [0.5, 0.6) is 0 Å². The lowest BCUT2D eigenvalue weighted by atomic mass is 10.00. The summed E-state index contributed by atoms with van der Waals surface area (Å²) < 4.78 is 0. The van der Waals surface area contributed by atoms with E-state index in [1.54, 1.807) is 0 Å². The normalized spacial score (nSPS) is 14.8. The maximum atomic E-state index is 9.52. The Morgan fingerprint density at radius 1 is 1.31 bits per heavy atom. The molecular formula is C14H23NO. The Morgan fingerprint density at radius 3 is 2.62 bits per heavy atom. The number of benzene rings is 1. The maximum Gasteiger partial charge on any atom is 0.0662 e. The molecule has 0 aliphatic rings. The lowest BCUT2D eigenvalue weighted by molar-refractivity contribution is 0.163. The number of hydrogen-bond donors (Lipinski definition) is 2. The molecule has 1 aromatic rings. The number of aryl methyl sites for hydroxylation is 2. The summed E-state index contributed by atoms with van der Waals surface area (Å²) in [5, 5.41) is 12.9. The molecule has 1 aromatic carbocycles. The third-order valence-corrected chi connectivity index (χ3v) is 3.03. The molecule has 0 aliphatic carbocycles. The van der Waals surface area contributed by atoms with Crippen LogP contribution in [0.1, 0.15) is 43.0 Å². The van der Waals surface area contributed by atoms with Crippen molar-refractivity contribution in [3.8, 4) is 0 Å². The lowest BCUT2D eigenvalue weighted by Gasteiger charge is -2.19. The first kappa shape index (κ1) is 13.2. The van der Waals surface area contributed by atoms with Gasteiger partial charge < -0.3 is 10.4 Å². The number of aliphatic hydroxyl groups is 1. The summed E-state index contributed by atoms with van der Waals surface area (Å²) in [4.78, 5) is 0. The Balaban J connectivity index is 2.65. The van der Waals surface area contributed by atoms with Crippen molar-refractivity contribution >= 4 is 0 Å². The van der Waals surface area contributed by atoms with E-state index in [2.05, 4.69) is 44.3 Å². The van der Waals surface area contributed by atoms with Crippen LogP contribution in [-0.4, -0.2) is 17.8 Å². The average molecular weight is 221 g/mol. The van der Waals surface area contributed by atoms with Gasteiger partial charge in [-0.1, -0.05) is 30.7 Å². The van der Waals surface area contributed by atoms with Gasteiger partial charge in [-0.3, -0.25) is 0 Å². The Hall–Kier alpha value is -0.860. The predicted octanol–water partition coefficient (Wildman–Crippen LogP) is 2.72. The summed E-state index contributed by atoms with van der Waals surface area (Å²) in [5.41, 5.74) is 3.91. The smallest absolute Gasteiger partial charge is 0.0662 e. The van der Waals surface area contributed by atoms with E-state index in [0.29, 0.717) is 12.6 Å². The van der Waals surface area contributed by atoms with Gasteiger partial charge in [0, 0.05) is 12.6 Å². The molecule has 0 amide bonds. The van der Waals surface area contributed by atoms with Crippen molar-refractivity contribution < 1.29 is 5.11 Å². The molecule has 2 N–H and O–H groups in total. The molecule has 1 rings (SSSR count). The molecular weight excluding hydrogens is 198 g/mol. The van der Waals surface area contributed by atoms with Crippen LogP contribution in [0.2, 0.25) is 0 Å². The van der Waals surface area contributed by atoms with Crippen LogP contribution in [0.25, 0.3) is 0 Å². The zero-order valence-electron chi connectivity index (χ0n) is 10.7. The van der Waals surface area contributed by atoms with Gasteiger partial charge in [0.2, 0.25) is 0 Å². The molecule has 0 spiro atoms. The minimum absolute atomic E-state index is 0.243. The molecule has 0 saturated carbocycles. The topological polar surface area (TPSA) is 32.3 Å². The van der Waals surface area contributed by atoms with E-state index in [4.69, 9.17) is 0 Å². The molecule has 0 fully saturated rings. The largest absolute Gasteiger partial charge is 0.392 e. The van der Waals surface area contributed by atoms with Crippen LogP contribution in [0.3, 0.4) is 0 Å². The Bertz CT molecular complexity index is 336. The van der Waals surface area contributed by atoms with Gasteiger partial charge in [-0.25, -0.2) is 0 Å². The summed E-state index contributed by atoms with van der Waals surface area (Å²) in [5.74, 6) is 0. The van der Waals surface area contributed by atoms with E-state index in [0.717, 1.165) is 6.42 Å². The second-order valence-electron chi connectivity index (χ2n) is 4.55. The predicted molar refractivity (Wildman–Crippen MR) is 68.6 cm³/mol. The van der Waals surface area contributed by atoms with Gasteiger partial charge in [0.1, 0.15) is 0 Å². The Labute approximate surface area is 98.7 Å². The van der Waals surface area contributed by atoms with Crippen LogP contribution < -0.4 is 5.32 Å². The van der Waals surface area contributed by atoms with Gasteiger partial charge in [-0.2, -0.15) is 0 Å². The molecule has 0 aliphatic heterocycles. The quantitative estimate of drug-likeness (QED) is 0.801. The molecule has 0 heterocycles.